The summed E-state index contributed by atoms with van der Waals surface area (Å²) in [5.74, 6) is -5.94. The molecule has 14 atom stereocenters. The van der Waals surface area contributed by atoms with Gasteiger partial charge in [-0.15, -0.1) is 0 Å². The molecule has 28 heteroatoms. The molecule has 96 heavy (non-hydrogen) atoms. The average molecular weight is 1390 g/mol. The maximum Gasteiger partial charge on any atom is 0.253 e. The quantitative estimate of drug-likeness (QED) is 0.0271. The molecule has 6 N–H and O–H groups in total. The van der Waals surface area contributed by atoms with Crippen LogP contribution in [0, 0.1) is 35.5 Å². The summed E-state index contributed by atoms with van der Waals surface area (Å²) in [7, 11) is 6.41. The van der Waals surface area contributed by atoms with Crippen molar-refractivity contribution in [1.29, 1.82) is 0 Å². The Kier molecular flexibility index (Phi) is 36.8. The highest BCUT2D eigenvalue weighted by molar-refractivity contribution is 7.82. The van der Waals surface area contributed by atoms with Crippen molar-refractivity contribution in [2.24, 2.45) is 35.5 Å². The first-order valence-corrected chi connectivity index (χ1v) is 35.9. The highest BCUT2D eigenvalue weighted by Crippen LogP contribution is 2.40. The second kappa shape index (κ2) is 41.7. The van der Waals surface area contributed by atoms with Gasteiger partial charge in [-0.2, -0.15) is 12.6 Å². The molecule has 1 aromatic carbocycles. The first kappa shape index (κ1) is 84.6. The van der Waals surface area contributed by atoms with Crippen LogP contribution in [0.5, 0.6) is 0 Å². The lowest BCUT2D eigenvalue weighted by atomic mass is 9.84. The van der Waals surface area contributed by atoms with E-state index in [1.165, 1.54) is 33.0 Å². The third-order valence-corrected chi connectivity index (χ3v) is 20.2. The van der Waals surface area contributed by atoms with Crippen LogP contribution in [-0.4, -0.2) is 230 Å². The van der Waals surface area contributed by atoms with E-state index < -0.39 is 112 Å². The second-order valence-electron chi connectivity index (χ2n) is 26.8. The van der Waals surface area contributed by atoms with E-state index in [4.69, 9.17) is 36.3 Å². The van der Waals surface area contributed by atoms with Crippen molar-refractivity contribution < 1.29 is 75.8 Å². The molecule has 2 heterocycles. The van der Waals surface area contributed by atoms with Crippen molar-refractivity contribution in [1.82, 2.24) is 45.6 Å². The first-order chi connectivity index (χ1) is 45.2. The number of nitrogens with zero attached hydrogens (tertiary/aromatic N) is 4. The van der Waals surface area contributed by atoms with E-state index in [1.54, 1.807) is 61.9 Å². The summed E-state index contributed by atoms with van der Waals surface area (Å²) >= 11 is 4.80. The third kappa shape index (κ3) is 25.3. The number of methoxy groups -OCH3 is 2. The van der Waals surface area contributed by atoms with Crippen LogP contribution in [0.3, 0.4) is 0 Å². The van der Waals surface area contributed by atoms with E-state index in [1.807, 2.05) is 74.4 Å². The summed E-state index contributed by atoms with van der Waals surface area (Å²) in [6.07, 6.45) is 2.76. The van der Waals surface area contributed by atoms with Gasteiger partial charge in [0.25, 0.3) is 5.91 Å². The van der Waals surface area contributed by atoms with Crippen LogP contribution in [0.1, 0.15) is 153 Å². The number of thiol groups is 1. The summed E-state index contributed by atoms with van der Waals surface area (Å²) in [6.45, 7) is 25.6. The first-order valence-electron chi connectivity index (χ1n) is 34.1. The standard InChI is InChI=1S/C68H116N10O16S2/c1-19-29-68(95,21-3)50-38-54(80)78(66(50)87)31-33-93-35-37-94-36-34-92-32-28-53(79)72-56(41(4)5)64(85)70-46(12)62(83)71-49-26-24-48(25-27-49)40-96(89)74-63(84)47(13)69-61(82)45(11)60(91-18)51-23-22-30-77(51)55(81)39-52(90-17)59(44(10)20-2)76(16)67(88)57(42(6)7)73-65(86)58(43(8)9)75(14)15/h24-27,41-47,50-52,56-60,95H,19-23,28-40H2,1-18H3,(H,69,82)(H,70,85)(H,71,83)(H,72,79)(H,73,86)(H,74,84)/t44?,45-,46+,47+,50?,51+,52-,56+,57+,58+,59+,60-,68?,96?/m1/s1. The third-order valence-electron chi connectivity index (χ3n) is 18.3. The average Bonchev–Trinajstić information content (AvgIpc) is 1.60. The molecule has 0 aliphatic carbocycles. The number of hydrogen-bond donors (Lipinski definition) is 7. The Morgan fingerprint density at radius 1 is 0.708 bits per heavy atom. The number of likely N-dealkylation sites (N-methyl/N-ethyl adjacent to an activating group) is 2. The van der Waals surface area contributed by atoms with Crippen molar-refractivity contribution >= 4 is 88.4 Å². The molecule has 0 bridgehead atoms. The van der Waals surface area contributed by atoms with Crippen LogP contribution in [0.4, 0.5) is 5.69 Å². The van der Waals surface area contributed by atoms with Crippen LogP contribution < -0.4 is 31.3 Å². The normalized spacial score (nSPS) is 19.2. The Balaban J connectivity index is 1.44. The number of nitrogens with one attached hydrogen (secondary N) is 6. The number of benzene rings is 1. The van der Waals surface area contributed by atoms with E-state index in [-0.39, 0.29) is 124 Å². The monoisotopic (exact) mass is 1390 g/mol. The van der Waals surface area contributed by atoms with Crippen LogP contribution in [0.15, 0.2) is 24.3 Å². The maximum atomic E-state index is 14.4. The molecule has 0 saturated carbocycles. The Hall–Kier alpha value is -5.62. The highest BCUT2D eigenvalue weighted by atomic mass is 32.2. The van der Waals surface area contributed by atoms with Crippen LogP contribution in [-0.2, 0) is 88.4 Å². The molecule has 4 unspecified atom stereocenters. The number of carbonyl (C=O) groups excluding carboxylic acids is 10. The van der Waals surface area contributed by atoms with Crippen LogP contribution >= 0.6 is 12.6 Å². The summed E-state index contributed by atoms with van der Waals surface area (Å²) in [4.78, 5) is 141. The molecule has 0 aromatic heterocycles. The Morgan fingerprint density at radius 3 is 1.83 bits per heavy atom. The molecule has 2 fully saturated rings. The zero-order valence-corrected chi connectivity index (χ0v) is 62.1. The van der Waals surface area contributed by atoms with E-state index >= 15 is 0 Å². The molecular weight excluding hydrogens is 1280 g/mol. The Bertz CT molecular complexity index is 2720. The molecule has 2 saturated heterocycles. The summed E-state index contributed by atoms with van der Waals surface area (Å²) in [5.41, 5.74) is 0.931. The van der Waals surface area contributed by atoms with Gasteiger partial charge in [-0.1, -0.05) is 101 Å². The van der Waals surface area contributed by atoms with Gasteiger partial charge in [-0.05, 0) is 95.0 Å². The summed E-state index contributed by atoms with van der Waals surface area (Å²) in [5, 5.41) is 13.8. The van der Waals surface area contributed by atoms with Crippen molar-refractivity contribution in [3.63, 3.8) is 0 Å². The SMILES string of the molecule is CCCC(S)(CC)C1CC(=O)N(CCOCCOCCOCCC(=O)N[C@H](C(=O)N[C@@H](C)C(=O)Nc2ccc(CS(=O)NC(=O)[C@H](C)NC(=O)[C@H](C)[C@@H](OC)[C@@H]3CCCN3C(=O)C[C@@H](OC)[C@H](C(C)CC)N(C)C(=O)[C@@H](NC(=O)[C@H](C(C)C)N(C)C)C(C)C)cc2)C(C)C)C1=O. The van der Waals surface area contributed by atoms with E-state index in [0.29, 0.717) is 43.5 Å². The number of anilines is 1. The van der Waals surface area contributed by atoms with Gasteiger partial charge in [0.2, 0.25) is 53.2 Å². The lowest BCUT2D eigenvalue weighted by Crippen LogP contribution is -2.59. The highest BCUT2D eigenvalue weighted by Gasteiger charge is 2.48. The molecular formula is C68H116N10O16S2. The van der Waals surface area contributed by atoms with Crippen molar-refractivity contribution in [2.75, 3.05) is 93.4 Å². The van der Waals surface area contributed by atoms with Gasteiger partial charge < -0.3 is 60.1 Å². The Labute approximate surface area is 578 Å². The van der Waals surface area contributed by atoms with Gasteiger partial charge in [0, 0.05) is 51.1 Å². The van der Waals surface area contributed by atoms with Gasteiger partial charge in [0.05, 0.1) is 101 Å². The van der Waals surface area contributed by atoms with Gasteiger partial charge in [-0.3, -0.25) is 62.5 Å². The summed E-state index contributed by atoms with van der Waals surface area (Å²) < 4.78 is 43.8. The van der Waals surface area contributed by atoms with Gasteiger partial charge in [0.1, 0.15) is 35.2 Å². The Morgan fingerprint density at radius 2 is 1.29 bits per heavy atom. The molecule has 0 radical (unpaired) electrons. The molecule has 2 aliphatic heterocycles. The predicted molar refractivity (Wildman–Crippen MR) is 371 cm³/mol. The lowest BCUT2D eigenvalue weighted by Gasteiger charge is -2.41. The smallest absolute Gasteiger partial charge is 0.253 e. The minimum Gasteiger partial charge on any atom is -0.379 e. The minimum atomic E-state index is -1.92. The molecule has 1 aromatic rings. The van der Waals surface area contributed by atoms with Gasteiger partial charge >= 0.3 is 0 Å². The summed E-state index contributed by atoms with van der Waals surface area (Å²) in [6, 6.07) is 1.02. The molecule has 2 aliphatic rings. The second-order valence-corrected chi connectivity index (χ2v) is 28.9. The largest absolute Gasteiger partial charge is 0.379 e. The van der Waals surface area contributed by atoms with E-state index in [2.05, 4.69) is 31.3 Å². The fourth-order valence-corrected chi connectivity index (χ4v) is 13.9. The van der Waals surface area contributed by atoms with Crippen molar-refractivity contribution in [2.45, 2.75) is 213 Å². The predicted octanol–water partition coefficient (Wildman–Crippen LogP) is 4.40. The zero-order valence-electron chi connectivity index (χ0n) is 60.4. The van der Waals surface area contributed by atoms with Gasteiger partial charge in [0.15, 0.2) is 0 Å². The van der Waals surface area contributed by atoms with Crippen LogP contribution in [0.2, 0.25) is 0 Å². The molecule has 3 rings (SSSR count). The number of likely N-dealkylation sites (tertiary alicyclic amines) is 2. The zero-order chi connectivity index (χ0) is 72.3. The lowest BCUT2D eigenvalue weighted by molar-refractivity contribution is -0.148. The molecule has 0 spiro atoms. The molecule has 546 valence electrons. The maximum absolute atomic E-state index is 14.4. The number of hydrogen-bond acceptors (Lipinski definition) is 18. The topological polar surface area (TPSA) is 319 Å². The molecule has 10 amide bonds. The van der Waals surface area contributed by atoms with Crippen molar-refractivity contribution in [3.05, 3.63) is 29.8 Å². The number of rotatable bonds is 44. The number of ether oxygens (including phenoxy) is 5. The van der Waals surface area contributed by atoms with Crippen molar-refractivity contribution in [3.8, 4) is 0 Å². The fourth-order valence-electron chi connectivity index (χ4n) is 12.5. The molecule has 26 nitrogen and oxygen atoms in total. The van der Waals surface area contributed by atoms with E-state index in [0.717, 1.165) is 12.8 Å². The van der Waals surface area contributed by atoms with E-state index in [9.17, 15) is 52.2 Å². The van der Waals surface area contributed by atoms with Crippen LogP contribution in [0.25, 0.3) is 0 Å². The fraction of sp³-hybridized carbons (Fsp3) is 0.765. The minimum absolute atomic E-state index is 0.00260. The number of carbonyl (C=O) groups is 10. The van der Waals surface area contributed by atoms with Gasteiger partial charge in [-0.25, -0.2) is 4.21 Å². The number of amides is 10. The number of imide groups is 1.